The predicted octanol–water partition coefficient (Wildman–Crippen LogP) is 2.95. The van der Waals surface area contributed by atoms with Crippen molar-refractivity contribution in [2.45, 2.75) is 32.9 Å². The maximum atomic E-state index is 9.09. The third-order valence-electron chi connectivity index (χ3n) is 4.43. The third kappa shape index (κ3) is 3.93. The van der Waals surface area contributed by atoms with E-state index in [1.54, 1.807) is 0 Å². The van der Waals surface area contributed by atoms with Gasteiger partial charge in [0.05, 0.1) is 12.3 Å². The zero-order valence-electron chi connectivity index (χ0n) is 13.2. The number of hydrogen-bond donors (Lipinski definition) is 1. The van der Waals surface area contributed by atoms with E-state index in [9.17, 15) is 0 Å². The van der Waals surface area contributed by atoms with Crippen LogP contribution in [-0.2, 0) is 19.6 Å². The molecule has 1 N–H and O–H groups in total. The largest absolute Gasteiger partial charge is 0.392 e. The highest BCUT2D eigenvalue weighted by atomic mass is 16.3. The minimum Gasteiger partial charge on any atom is -0.392 e. The summed E-state index contributed by atoms with van der Waals surface area (Å²) in [5.74, 6) is 0.727. The van der Waals surface area contributed by atoms with E-state index in [4.69, 9.17) is 5.11 Å². The first kappa shape index (κ1) is 15.2. The molecule has 1 saturated heterocycles. The molecule has 2 heterocycles. The molecule has 1 atom stereocenters. The number of likely N-dealkylation sites (tertiary alicyclic amines) is 1. The quantitative estimate of drug-likeness (QED) is 0.921. The first-order valence-electron chi connectivity index (χ1n) is 8.06. The lowest BCUT2D eigenvalue weighted by Gasteiger charge is -2.16. The molecule has 116 valence electrons. The van der Waals surface area contributed by atoms with Gasteiger partial charge in [0, 0.05) is 18.8 Å². The second kappa shape index (κ2) is 7.03. The fraction of sp³-hybridized carbons (Fsp3) is 0.421. The van der Waals surface area contributed by atoms with Crippen molar-refractivity contribution in [3.63, 3.8) is 0 Å². The van der Waals surface area contributed by atoms with E-state index in [-0.39, 0.29) is 6.61 Å². The minimum absolute atomic E-state index is 0.126. The van der Waals surface area contributed by atoms with Crippen molar-refractivity contribution in [2.24, 2.45) is 5.92 Å². The molecule has 0 unspecified atom stereocenters. The Morgan fingerprint density at radius 3 is 2.64 bits per heavy atom. The summed E-state index contributed by atoms with van der Waals surface area (Å²) in [6.07, 6.45) is 2.39. The predicted molar refractivity (Wildman–Crippen MR) is 88.4 cm³/mol. The highest BCUT2D eigenvalue weighted by molar-refractivity contribution is 5.22. The number of benzene rings is 1. The van der Waals surface area contributed by atoms with Crippen molar-refractivity contribution in [3.05, 3.63) is 65.0 Å². The first-order chi connectivity index (χ1) is 10.7. The molecule has 1 aromatic heterocycles. The summed E-state index contributed by atoms with van der Waals surface area (Å²) in [6, 6.07) is 14.6. The Labute approximate surface area is 132 Å². The van der Waals surface area contributed by atoms with Gasteiger partial charge >= 0.3 is 0 Å². The Morgan fingerprint density at radius 1 is 1.14 bits per heavy atom. The number of aliphatic hydroxyl groups excluding tert-OH is 1. The summed E-state index contributed by atoms with van der Waals surface area (Å²) in [5.41, 5.74) is 4.63. The SMILES string of the molecule is Cc1cccc(CN2CC[C@@H](Cc3ccc(CO)cc3)C2)n1. The number of hydrogen-bond acceptors (Lipinski definition) is 3. The maximum absolute atomic E-state index is 9.09. The van der Waals surface area contributed by atoms with Gasteiger partial charge in [-0.2, -0.15) is 0 Å². The zero-order chi connectivity index (χ0) is 15.4. The normalized spacial score (nSPS) is 18.7. The Bertz CT molecular complexity index is 609. The monoisotopic (exact) mass is 296 g/mol. The number of aliphatic hydroxyl groups is 1. The molecule has 3 rings (SSSR count). The van der Waals surface area contributed by atoms with Crippen molar-refractivity contribution >= 4 is 0 Å². The van der Waals surface area contributed by atoms with Gasteiger partial charge in [-0.25, -0.2) is 0 Å². The number of aryl methyl sites for hydroxylation is 1. The molecule has 3 heteroatoms. The van der Waals surface area contributed by atoms with E-state index in [0.29, 0.717) is 0 Å². The summed E-state index contributed by atoms with van der Waals surface area (Å²) < 4.78 is 0. The van der Waals surface area contributed by atoms with Crippen LogP contribution >= 0.6 is 0 Å². The van der Waals surface area contributed by atoms with Crippen LogP contribution in [0, 0.1) is 12.8 Å². The molecular formula is C19H24N2O. The van der Waals surface area contributed by atoms with Crippen LogP contribution in [0.15, 0.2) is 42.5 Å². The molecule has 1 fully saturated rings. The zero-order valence-corrected chi connectivity index (χ0v) is 13.2. The average Bonchev–Trinajstić information content (AvgIpc) is 2.95. The van der Waals surface area contributed by atoms with Gasteiger partial charge in [0.15, 0.2) is 0 Å². The van der Waals surface area contributed by atoms with E-state index in [0.717, 1.165) is 43.2 Å². The van der Waals surface area contributed by atoms with Crippen LogP contribution in [0.4, 0.5) is 0 Å². The molecule has 0 amide bonds. The maximum Gasteiger partial charge on any atom is 0.0681 e. The van der Waals surface area contributed by atoms with Crippen LogP contribution in [0.1, 0.15) is 28.9 Å². The summed E-state index contributed by atoms with van der Waals surface area (Å²) in [5, 5.41) is 9.09. The Morgan fingerprint density at radius 2 is 1.91 bits per heavy atom. The van der Waals surface area contributed by atoms with Gasteiger partial charge in [-0.1, -0.05) is 30.3 Å². The number of nitrogens with zero attached hydrogens (tertiary/aromatic N) is 2. The van der Waals surface area contributed by atoms with Crippen molar-refractivity contribution in [2.75, 3.05) is 13.1 Å². The second-order valence-electron chi connectivity index (χ2n) is 6.34. The fourth-order valence-electron chi connectivity index (χ4n) is 3.25. The van der Waals surface area contributed by atoms with Crippen molar-refractivity contribution in [3.8, 4) is 0 Å². The second-order valence-corrected chi connectivity index (χ2v) is 6.34. The van der Waals surface area contributed by atoms with E-state index >= 15 is 0 Å². The number of pyridine rings is 1. The molecule has 3 nitrogen and oxygen atoms in total. The molecule has 0 bridgehead atoms. The number of aromatic nitrogens is 1. The van der Waals surface area contributed by atoms with E-state index in [2.05, 4.69) is 34.1 Å². The van der Waals surface area contributed by atoms with Gasteiger partial charge < -0.3 is 5.11 Å². The first-order valence-corrected chi connectivity index (χ1v) is 8.06. The van der Waals surface area contributed by atoms with E-state index < -0.39 is 0 Å². The van der Waals surface area contributed by atoms with Gasteiger partial charge in [0.25, 0.3) is 0 Å². The Kier molecular flexibility index (Phi) is 4.86. The molecule has 2 aromatic rings. The van der Waals surface area contributed by atoms with Gasteiger partial charge in [0.2, 0.25) is 0 Å². The topological polar surface area (TPSA) is 36.4 Å². The Balaban J connectivity index is 1.53. The van der Waals surface area contributed by atoms with Gasteiger partial charge in [-0.05, 0) is 55.5 Å². The molecule has 1 aliphatic heterocycles. The Hall–Kier alpha value is -1.71. The molecule has 0 aliphatic carbocycles. The molecule has 22 heavy (non-hydrogen) atoms. The van der Waals surface area contributed by atoms with Gasteiger partial charge in [-0.3, -0.25) is 9.88 Å². The summed E-state index contributed by atoms with van der Waals surface area (Å²) >= 11 is 0. The van der Waals surface area contributed by atoms with Crippen LogP contribution in [0.2, 0.25) is 0 Å². The summed E-state index contributed by atoms with van der Waals surface area (Å²) in [4.78, 5) is 7.11. The lowest BCUT2D eigenvalue weighted by atomic mass is 9.98. The van der Waals surface area contributed by atoms with Crippen LogP contribution in [0.25, 0.3) is 0 Å². The average molecular weight is 296 g/mol. The lowest BCUT2D eigenvalue weighted by Crippen LogP contribution is -2.21. The smallest absolute Gasteiger partial charge is 0.0681 e. The van der Waals surface area contributed by atoms with E-state index in [1.165, 1.54) is 17.7 Å². The lowest BCUT2D eigenvalue weighted by molar-refractivity contribution is 0.282. The van der Waals surface area contributed by atoms with Crippen LogP contribution in [0.3, 0.4) is 0 Å². The molecule has 0 radical (unpaired) electrons. The van der Waals surface area contributed by atoms with Crippen molar-refractivity contribution < 1.29 is 5.11 Å². The van der Waals surface area contributed by atoms with Gasteiger partial charge in [-0.15, -0.1) is 0 Å². The molecule has 1 aliphatic rings. The van der Waals surface area contributed by atoms with Crippen LogP contribution in [-0.4, -0.2) is 28.1 Å². The highest BCUT2D eigenvalue weighted by Gasteiger charge is 2.22. The van der Waals surface area contributed by atoms with Crippen LogP contribution < -0.4 is 0 Å². The summed E-state index contributed by atoms with van der Waals surface area (Å²) in [7, 11) is 0. The van der Waals surface area contributed by atoms with Gasteiger partial charge in [0.1, 0.15) is 0 Å². The molecular weight excluding hydrogens is 272 g/mol. The number of rotatable bonds is 5. The highest BCUT2D eigenvalue weighted by Crippen LogP contribution is 2.22. The molecule has 1 aromatic carbocycles. The van der Waals surface area contributed by atoms with E-state index in [1.807, 2.05) is 25.1 Å². The van der Waals surface area contributed by atoms with Crippen molar-refractivity contribution in [1.82, 2.24) is 9.88 Å². The third-order valence-corrected chi connectivity index (χ3v) is 4.43. The standard InChI is InChI=1S/C19H24N2O/c1-15-3-2-4-19(20-15)13-21-10-9-18(12-21)11-16-5-7-17(14-22)8-6-16/h2-8,18,22H,9-14H2,1H3/t18-/m0/s1. The van der Waals surface area contributed by atoms with Crippen LogP contribution in [0.5, 0.6) is 0 Å². The van der Waals surface area contributed by atoms with Crippen molar-refractivity contribution in [1.29, 1.82) is 0 Å². The molecule has 0 saturated carbocycles. The fourth-order valence-corrected chi connectivity index (χ4v) is 3.25. The minimum atomic E-state index is 0.126. The summed E-state index contributed by atoms with van der Waals surface area (Å²) in [6.45, 7) is 5.45. The molecule has 0 spiro atoms.